The maximum Gasteiger partial charge on any atom is 0.134 e. The first kappa shape index (κ1) is 20.9. The normalized spacial score (nSPS) is 21.1. The number of nitrogens with one attached hydrogen (secondary N) is 1. The van der Waals surface area contributed by atoms with Crippen LogP contribution in [0.1, 0.15) is 43.7 Å². The molecule has 0 radical (unpaired) electrons. The van der Waals surface area contributed by atoms with Crippen molar-refractivity contribution in [2.24, 2.45) is 5.92 Å². The minimum Gasteiger partial charge on any atom is -0.506 e. The topological polar surface area (TPSA) is 35.5 Å². The second-order valence-electron chi connectivity index (χ2n) is 6.34. The number of phenols is 1. The zero-order valence-electron chi connectivity index (χ0n) is 13.3. The fraction of sp³-hybridized carbons (Fsp3) is 0.647. The molecule has 2 fully saturated rings. The maximum absolute atomic E-state index is 9.69. The van der Waals surface area contributed by atoms with Crippen LogP contribution in [0.15, 0.2) is 18.2 Å². The van der Waals surface area contributed by atoms with Gasteiger partial charge in [0.2, 0.25) is 0 Å². The molecule has 1 atom stereocenters. The fourth-order valence-corrected chi connectivity index (χ4v) is 4.09. The standard InChI is InChI=1S/C17H25ClN2O.2ClH/c18-15-12-14(6-7-16(15)21)17(13-4-2-1-3-5-13)20-10-8-19-9-11-20;;/h6-7,12-13,17,19,21H,1-5,8-11H2;2*1H/t17-;;/m1../s1. The van der Waals surface area contributed by atoms with Gasteiger partial charge in [0.15, 0.2) is 0 Å². The molecule has 0 spiro atoms. The number of piperazine rings is 1. The van der Waals surface area contributed by atoms with Crippen molar-refractivity contribution >= 4 is 36.4 Å². The van der Waals surface area contributed by atoms with E-state index in [1.54, 1.807) is 6.07 Å². The minimum atomic E-state index is 0. The van der Waals surface area contributed by atoms with Crippen LogP contribution in [0.25, 0.3) is 0 Å². The monoisotopic (exact) mass is 380 g/mol. The highest BCUT2D eigenvalue weighted by Crippen LogP contribution is 2.40. The molecule has 1 saturated carbocycles. The largest absolute Gasteiger partial charge is 0.506 e. The average molecular weight is 382 g/mol. The quantitative estimate of drug-likeness (QED) is 0.813. The highest BCUT2D eigenvalue weighted by atomic mass is 35.5. The van der Waals surface area contributed by atoms with Crippen LogP contribution in [0, 0.1) is 5.92 Å². The van der Waals surface area contributed by atoms with Crippen molar-refractivity contribution in [1.29, 1.82) is 0 Å². The second-order valence-corrected chi connectivity index (χ2v) is 6.75. The minimum absolute atomic E-state index is 0. The predicted octanol–water partition coefficient (Wildman–Crippen LogP) is 4.42. The van der Waals surface area contributed by atoms with Crippen LogP contribution in [0.4, 0.5) is 0 Å². The van der Waals surface area contributed by atoms with E-state index in [4.69, 9.17) is 11.6 Å². The number of hydrogen-bond donors (Lipinski definition) is 2. The molecule has 3 nitrogen and oxygen atoms in total. The second kappa shape index (κ2) is 9.95. The first-order chi connectivity index (χ1) is 10.3. The molecule has 132 valence electrons. The Hall–Kier alpha value is -0.190. The van der Waals surface area contributed by atoms with E-state index in [9.17, 15) is 5.11 Å². The van der Waals surface area contributed by atoms with Crippen LogP contribution in [0.2, 0.25) is 5.02 Å². The van der Waals surface area contributed by atoms with E-state index in [2.05, 4.69) is 16.3 Å². The van der Waals surface area contributed by atoms with Gasteiger partial charge >= 0.3 is 0 Å². The van der Waals surface area contributed by atoms with E-state index < -0.39 is 0 Å². The Morgan fingerprint density at radius 3 is 2.35 bits per heavy atom. The summed E-state index contributed by atoms with van der Waals surface area (Å²) in [5, 5.41) is 13.6. The van der Waals surface area contributed by atoms with Crippen molar-refractivity contribution in [3.8, 4) is 5.75 Å². The molecular formula is C17H27Cl3N2O. The summed E-state index contributed by atoms with van der Waals surface area (Å²) in [5.41, 5.74) is 1.27. The summed E-state index contributed by atoms with van der Waals surface area (Å²) < 4.78 is 0. The molecule has 0 unspecified atom stereocenters. The Labute approximate surface area is 156 Å². The lowest BCUT2D eigenvalue weighted by Crippen LogP contribution is -2.47. The van der Waals surface area contributed by atoms with Gasteiger partial charge in [0.25, 0.3) is 0 Å². The number of rotatable bonds is 3. The van der Waals surface area contributed by atoms with Gasteiger partial charge in [-0.05, 0) is 36.5 Å². The van der Waals surface area contributed by atoms with Crippen molar-refractivity contribution in [2.45, 2.75) is 38.1 Å². The SMILES string of the molecule is Cl.Cl.Oc1ccc([C@@H](C2CCCCC2)N2CCNCC2)cc1Cl. The number of benzene rings is 1. The van der Waals surface area contributed by atoms with Gasteiger partial charge in [-0.15, -0.1) is 24.8 Å². The Kier molecular flexibility index (Phi) is 9.02. The van der Waals surface area contributed by atoms with Crippen molar-refractivity contribution < 1.29 is 5.11 Å². The smallest absolute Gasteiger partial charge is 0.134 e. The molecule has 1 aliphatic heterocycles. The molecule has 1 aromatic carbocycles. The Morgan fingerprint density at radius 2 is 1.74 bits per heavy atom. The van der Waals surface area contributed by atoms with Gasteiger partial charge in [0.1, 0.15) is 5.75 Å². The lowest BCUT2D eigenvalue weighted by Gasteiger charge is -2.41. The zero-order valence-corrected chi connectivity index (χ0v) is 15.7. The Balaban J connectivity index is 0.00000132. The van der Waals surface area contributed by atoms with Crippen LogP contribution in [-0.4, -0.2) is 36.2 Å². The van der Waals surface area contributed by atoms with Gasteiger partial charge in [-0.25, -0.2) is 0 Å². The predicted molar refractivity (Wildman–Crippen MR) is 101 cm³/mol. The van der Waals surface area contributed by atoms with E-state index in [0.717, 1.165) is 32.1 Å². The van der Waals surface area contributed by atoms with Gasteiger partial charge in [0.05, 0.1) is 5.02 Å². The molecule has 1 saturated heterocycles. The van der Waals surface area contributed by atoms with Crippen molar-refractivity contribution in [1.82, 2.24) is 10.2 Å². The first-order valence-corrected chi connectivity index (χ1v) is 8.56. The van der Waals surface area contributed by atoms with E-state index in [0.29, 0.717) is 11.1 Å². The first-order valence-electron chi connectivity index (χ1n) is 8.19. The van der Waals surface area contributed by atoms with E-state index in [1.807, 2.05) is 6.07 Å². The molecule has 23 heavy (non-hydrogen) atoms. The van der Waals surface area contributed by atoms with Crippen molar-refractivity contribution in [3.63, 3.8) is 0 Å². The number of phenolic OH excluding ortho intramolecular Hbond substituents is 1. The summed E-state index contributed by atoms with van der Waals surface area (Å²) in [4.78, 5) is 2.61. The third kappa shape index (κ3) is 5.14. The molecule has 6 heteroatoms. The average Bonchev–Trinajstić information content (AvgIpc) is 2.53. The Morgan fingerprint density at radius 1 is 1.09 bits per heavy atom. The van der Waals surface area contributed by atoms with Gasteiger partial charge in [-0.2, -0.15) is 0 Å². The summed E-state index contributed by atoms with van der Waals surface area (Å²) in [6, 6.07) is 6.22. The molecule has 1 aromatic rings. The molecule has 2 aliphatic rings. The third-order valence-electron chi connectivity index (χ3n) is 4.95. The van der Waals surface area contributed by atoms with E-state index in [-0.39, 0.29) is 30.6 Å². The summed E-state index contributed by atoms with van der Waals surface area (Å²) in [6.07, 6.45) is 6.69. The van der Waals surface area contributed by atoms with E-state index in [1.165, 1.54) is 37.7 Å². The van der Waals surface area contributed by atoms with Crippen LogP contribution in [0.5, 0.6) is 5.75 Å². The van der Waals surface area contributed by atoms with Crippen LogP contribution < -0.4 is 5.32 Å². The molecule has 1 heterocycles. The highest BCUT2D eigenvalue weighted by Gasteiger charge is 2.31. The number of aromatic hydroxyl groups is 1. The van der Waals surface area contributed by atoms with Gasteiger partial charge in [0, 0.05) is 32.2 Å². The summed E-state index contributed by atoms with van der Waals surface area (Å²) in [6.45, 7) is 4.32. The lowest BCUT2D eigenvalue weighted by atomic mass is 9.80. The Bertz CT molecular complexity index is 457. The van der Waals surface area contributed by atoms with Gasteiger partial charge in [-0.1, -0.05) is 36.9 Å². The highest BCUT2D eigenvalue weighted by molar-refractivity contribution is 6.32. The van der Waals surface area contributed by atoms with Crippen molar-refractivity contribution in [3.05, 3.63) is 28.8 Å². The van der Waals surface area contributed by atoms with Crippen LogP contribution >= 0.6 is 36.4 Å². The summed E-state index contributed by atoms with van der Waals surface area (Å²) >= 11 is 6.15. The van der Waals surface area contributed by atoms with Gasteiger partial charge < -0.3 is 10.4 Å². The maximum atomic E-state index is 9.69. The molecule has 3 rings (SSSR count). The van der Waals surface area contributed by atoms with Gasteiger partial charge in [-0.3, -0.25) is 4.90 Å². The summed E-state index contributed by atoms with van der Waals surface area (Å²) in [5.74, 6) is 0.903. The number of nitrogens with zero attached hydrogens (tertiary/aromatic N) is 1. The number of halogens is 3. The van der Waals surface area contributed by atoms with E-state index >= 15 is 0 Å². The lowest BCUT2D eigenvalue weighted by molar-refractivity contribution is 0.103. The molecule has 1 aliphatic carbocycles. The molecule has 0 aromatic heterocycles. The fourth-order valence-electron chi connectivity index (χ4n) is 3.90. The molecular weight excluding hydrogens is 355 g/mol. The molecule has 0 amide bonds. The summed E-state index contributed by atoms with van der Waals surface area (Å²) in [7, 11) is 0. The van der Waals surface area contributed by atoms with Crippen molar-refractivity contribution in [2.75, 3.05) is 26.2 Å². The third-order valence-corrected chi connectivity index (χ3v) is 5.26. The molecule has 0 bridgehead atoms. The van der Waals surface area contributed by atoms with Crippen LogP contribution in [0.3, 0.4) is 0 Å². The zero-order chi connectivity index (χ0) is 14.7. The van der Waals surface area contributed by atoms with Crippen LogP contribution in [-0.2, 0) is 0 Å². The molecule has 2 N–H and O–H groups in total. The number of hydrogen-bond acceptors (Lipinski definition) is 3.